The van der Waals surface area contributed by atoms with Gasteiger partial charge in [-0.3, -0.25) is 4.99 Å². The standard InChI is InChI=1S/C24H35N3/c1-6-10-22(11-7-2)27(5)19(4)23-12-8-9-13-24(23)26-18(3)20-14-16-21(25)17-15-20/h12-17,22H,4,6-11,25H2,1-3,5H3. The van der Waals surface area contributed by atoms with Gasteiger partial charge < -0.3 is 10.6 Å². The summed E-state index contributed by atoms with van der Waals surface area (Å²) < 4.78 is 0. The van der Waals surface area contributed by atoms with Crippen LogP contribution in [0.1, 0.15) is 64.9 Å². The van der Waals surface area contributed by atoms with Crippen molar-refractivity contribution in [3.05, 3.63) is 65.5 Å². The van der Waals surface area contributed by atoms with E-state index in [9.17, 15) is 0 Å². The van der Waals surface area contributed by atoms with Gasteiger partial charge >= 0.3 is 0 Å². The molecule has 0 heterocycles. The van der Waals surface area contributed by atoms with E-state index in [0.29, 0.717) is 6.04 Å². The SMILES string of the molecule is C=C(C1=CCCC=C1N=C(C)c1ccc(N)cc1)N(C)C(CCC)CCC. The lowest BCUT2D eigenvalue weighted by Crippen LogP contribution is -2.31. The average molecular weight is 366 g/mol. The van der Waals surface area contributed by atoms with Gasteiger partial charge in [-0.2, -0.15) is 0 Å². The molecule has 2 N–H and O–H groups in total. The van der Waals surface area contributed by atoms with Gasteiger partial charge in [0, 0.05) is 35.8 Å². The molecule has 0 saturated carbocycles. The van der Waals surface area contributed by atoms with Gasteiger partial charge in [-0.05, 0) is 50.3 Å². The molecule has 146 valence electrons. The quantitative estimate of drug-likeness (QED) is 0.424. The van der Waals surface area contributed by atoms with Crippen molar-refractivity contribution in [1.82, 2.24) is 4.90 Å². The van der Waals surface area contributed by atoms with Crippen LogP contribution < -0.4 is 5.73 Å². The van der Waals surface area contributed by atoms with E-state index in [2.05, 4.69) is 51.4 Å². The van der Waals surface area contributed by atoms with Gasteiger partial charge in [0.2, 0.25) is 0 Å². The smallest absolute Gasteiger partial charge is 0.0683 e. The molecule has 0 spiro atoms. The number of nitrogen functional groups attached to an aromatic ring is 1. The van der Waals surface area contributed by atoms with Crippen LogP contribution in [-0.4, -0.2) is 23.7 Å². The van der Waals surface area contributed by atoms with Gasteiger partial charge in [0.1, 0.15) is 0 Å². The first-order chi connectivity index (χ1) is 13.0. The molecule has 1 aliphatic rings. The molecular formula is C24H35N3. The third kappa shape index (κ3) is 5.59. The van der Waals surface area contributed by atoms with Gasteiger partial charge in [0.25, 0.3) is 0 Å². The van der Waals surface area contributed by atoms with E-state index in [1.807, 2.05) is 24.3 Å². The van der Waals surface area contributed by atoms with Crippen LogP contribution in [0.25, 0.3) is 0 Å². The van der Waals surface area contributed by atoms with Crippen LogP contribution in [-0.2, 0) is 0 Å². The molecule has 0 bridgehead atoms. The summed E-state index contributed by atoms with van der Waals surface area (Å²) in [7, 11) is 2.18. The molecule has 0 saturated heterocycles. The fourth-order valence-electron chi connectivity index (χ4n) is 3.61. The van der Waals surface area contributed by atoms with Crippen molar-refractivity contribution in [2.45, 2.75) is 65.3 Å². The number of hydrogen-bond acceptors (Lipinski definition) is 3. The highest BCUT2D eigenvalue weighted by atomic mass is 15.1. The first-order valence-corrected chi connectivity index (χ1v) is 10.2. The van der Waals surface area contributed by atoms with Gasteiger partial charge in [0.05, 0.1) is 5.70 Å². The predicted molar refractivity (Wildman–Crippen MR) is 119 cm³/mol. The number of anilines is 1. The Bertz CT molecular complexity index is 716. The van der Waals surface area contributed by atoms with E-state index in [1.54, 1.807) is 0 Å². The second-order valence-electron chi connectivity index (χ2n) is 7.39. The monoisotopic (exact) mass is 365 g/mol. The fraction of sp³-hybridized carbons (Fsp3) is 0.458. The van der Waals surface area contributed by atoms with Crippen LogP contribution in [0.2, 0.25) is 0 Å². The van der Waals surface area contributed by atoms with Gasteiger partial charge in [-0.15, -0.1) is 0 Å². The number of nitrogens with two attached hydrogens (primary N) is 1. The number of allylic oxidation sites excluding steroid dienone is 2. The highest BCUT2D eigenvalue weighted by molar-refractivity contribution is 5.99. The van der Waals surface area contributed by atoms with E-state index < -0.39 is 0 Å². The maximum Gasteiger partial charge on any atom is 0.0683 e. The molecule has 0 aromatic heterocycles. The largest absolute Gasteiger partial charge is 0.399 e. The molecule has 0 unspecified atom stereocenters. The second kappa shape index (κ2) is 10.1. The molecule has 0 fully saturated rings. The number of nitrogens with zero attached hydrogens (tertiary/aromatic N) is 2. The summed E-state index contributed by atoms with van der Waals surface area (Å²) in [6.07, 6.45) is 11.4. The van der Waals surface area contributed by atoms with Crippen molar-refractivity contribution in [2.24, 2.45) is 4.99 Å². The summed E-state index contributed by atoms with van der Waals surface area (Å²) in [5, 5.41) is 0. The Morgan fingerprint density at radius 1 is 1.11 bits per heavy atom. The minimum absolute atomic E-state index is 0.541. The van der Waals surface area contributed by atoms with E-state index in [-0.39, 0.29) is 0 Å². The molecule has 1 aliphatic carbocycles. The van der Waals surface area contributed by atoms with Gasteiger partial charge in [0.15, 0.2) is 0 Å². The van der Waals surface area contributed by atoms with E-state index in [1.165, 1.54) is 31.3 Å². The van der Waals surface area contributed by atoms with Crippen LogP contribution in [0.5, 0.6) is 0 Å². The third-order valence-electron chi connectivity index (χ3n) is 5.27. The zero-order chi connectivity index (χ0) is 19.8. The maximum atomic E-state index is 5.81. The first kappa shape index (κ1) is 21.0. The van der Waals surface area contributed by atoms with Crippen molar-refractivity contribution in [2.75, 3.05) is 12.8 Å². The molecule has 0 radical (unpaired) electrons. The topological polar surface area (TPSA) is 41.6 Å². The summed E-state index contributed by atoms with van der Waals surface area (Å²) in [4.78, 5) is 7.32. The summed E-state index contributed by atoms with van der Waals surface area (Å²) in [5.74, 6) is 0. The Balaban J connectivity index is 2.23. The molecule has 1 aromatic rings. The third-order valence-corrected chi connectivity index (χ3v) is 5.27. The van der Waals surface area contributed by atoms with E-state index >= 15 is 0 Å². The normalized spacial score (nSPS) is 14.8. The Kier molecular flexibility index (Phi) is 7.90. The van der Waals surface area contributed by atoms with Crippen molar-refractivity contribution in [3.63, 3.8) is 0 Å². The summed E-state index contributed by atoms with van der Waals surface area (Å²) in [6.45, 7) is 11.0. The fourth-order valence-corrected chi connectivity index (χ4v) is 3.61. The zero-order valence-electron chi connectivity index (χ0n) is 17.5. The van der Waals surface area contributed by atoms with Crippen LogP contribution >= 0.6 is 0 Å². The first-order valence-electron chi connectivity index (χ1n) is 10.2. The summed E-state index contributed by atoms with van der Waals surface area (Å²) >= 11 is 0. The highest BCUT2D eigenvalue weighted by Gasteiger charge is 2.20. The van der Waals surface area contributed by atoms with Crippen LogP contribution in [0.15, 0.2) is 65.0 Å². The molecule has 0 amide bonds. The number of benzene rings is 1. The minimum atomic E-state index is 0.541. The van der Waals surface area contributed by atoms with Crippen molar-refractivity contribution in [1.29, 1.82) is 0 Å². The molecule has 3 nitrogen and oxygen atoms in total. The van der Waals surface area contributed by atoms with Crippen LogP contribution in [0, 0.1) is 0 Å². The number of likely N-dealkylation sites (N-methyl/N-ethyl adjacent to an activating group) is 1. The Morgan fingerprint density at radius 3 is 2.30 bits per heavy atom. The Labute approximate surface area is 165 Å². The lowest BCUT2D eigenvalue weighted by molar-refractivity contribution is 0.274. The maximum absolute atomic E-state index is 5.81. The lowest BCUT2D eigenvalue weighted by Gasteiger charge is -2.33. The lowest BCUT2D eigenvalue weighted by atomic mass is 9.97. The molecule has 27 heavy (non-hydrogen) atoms. The summed E-state index contributed by atoms with van der Waals surface area (Å²) in [6, 6.07) is 8.44. The van der Waals surface area contributed by atoms with Crippen molar-refractivity contribution < 1.29 is 0 Å². The Hall–Kier alpha value is -2.29. The molecule has 0 aliphatic heterocycles. The van der Waals surface area contributed by atoms with Crippen molar-refractivity contribution >= 4 is 11.4 Å². The molecule has 3 heteroatoms. The van der Waals surface area contributed by atoms with Crippen LogP contribution in [0.4, 0.5) is 5.69 Å². The number of aliphatic imine (C=N–C) groups is 1. The second-order valence-corrected chi connectivity index (χ2v) is 7.39. The number of rotatable bonds is 9. The average Bonchev–Trinajstić information content (AvgIpc) is 2.67. The van der Waals surface area contributed by atoms with Gasteiger partial charge in [-0.1, -0.05) is 57.6 Å². The van der Waals surface area contributed by atoms with Crippen molar-refractivity contribution in [3.8, 4) is 0 Å². The molecule has 1 aromatic carbocycles. The minimum Gasteiger partial charge on any atom is -0.399 e. The predicted octanol–water partition coefficient (Wildman–Crippen LogP) is 6.10. The highest BCUT2D eigenvalue weighted by Crippen LogP contribution is 2.30. The number of hydrogen-bond donors (Lipinski definition) is 1. The molecule has 2 rings (SSSR count). The van der Waals surface area contributed by atoms with Gasteiger partial charge in [-0.25, -0.2) is 0 Å². The molecular weight excluding hydrogens is 330 g/mol. The molecule has 0 atom stereocenters. The Morgan fingerprint density at radius 2 is 1.70 bits per heavy atom. The van der Waals surface area contributed by atoms with Crippen LogP contribution in [0.3, 0.4) is 0 Å². The zero-order valence-corrected chi connectivity index (χ0v) is 17.5. The van der Waals surface area contributed by atoms with E-state index in [0.717, 1.165) is 41.2 Å². The summed E-state index contributed by atoms with van der Waals surface area (Å²) in [5.41, 5.74) is 12.0. The van der Waals surface area contributed by atoms with E-state index in [4.69, 9.17) is 10.7 Å².